The van der Waals surface area contributed by atoms with Crippen molar-refractivity contribution in [3.63, 3.8) is 0 Å². The van der Waals surface area contributed by atoms with Gasteiger partial charge in [0, 0.05) is 16.3 Å². The first-order valence-electron chi connectivity index (χ1n) is 6.52. The van der Waals surface area contributed by atoms with Gasteiger partial charge in [-0.1, -0.05) is 24.9 Å². The molecule has 1 aliphatic carbocycles. The van der Waals surface area contributed by atoms with Crippen molar-refractivity contribution in [1.82, 2.24) is 5.32 Å². The van der Waals surface area contributed by atoms with Crippen LogP contribution < -0.4 is 5.32 Å². The lowest BCUT2D eigenvalue weighted by Crippen LogP contribution is -2.38. The zero-order valence-electron chi connectivity index (χ0n) is 10.9. The van der Waals surface area contributed by atoms with Crippen LogP contribution in [0.4, 0.5) is 0 Å². The van der Waals surface area contributed by atoms with Crippen LogP contribution >= 0.6 is 23.4 Å². The third-order valence-electron chi connectivity index (χ3n) is 3.35. The summed E-state index contributed by atoms with van der Waals surface area (Å²) >= 11 is 7.65. The molecule has 2 atom stereocenters. The van der Waals surface area contributed by atoms with E-state index in [4.69, 9.17) is 11.6 Å². The van der Waals surface area contributed by atoms with E-state index < -0.39 is 0 Å². The molecule has 5 heteroatoms. The average Bonchev–Trinajstić information content (AvgIpc) is 2.77. The number of halogens is 1. The lowest BCUT2D eigenvalue weighted by Gasteiger charge is -2.20. The number of rotatable bonds is 4. The van der Waals surface area contributed by atoms with Gasteiger partial charge in [-0.25, -0.2) is 0 Å². The number of hydrogen-bond donors (Lipinski definition) is 2. The van der Waals surface area contributed by atoms with Gasteiger partial charge in [-0.2, -0.15) is 11.8 Å². The summed E-state index contributed by atoms with van der Waals surface area (Å²) in [7, 11) is 0. The first-order chi connectivity index (χ1) is 9.11. The smallest absolute Gasteiger partial charge is 0.255 e. The molecule has 0 saturated heterocycles. The molecular formula is C14H18ClNO2S. The zero-order chi connectivity index (χ0) is 13.8. The zero-order valence-corrected chi connectivity index (χ0v) is 12.4. The molecule has 2 N–H and O–H groups in total. The van der Waals surface area contributed by atoms with Crippen LogP contribution in [0.15, 0.2) is 18.2 Å². The number of carbonyl (C=O) groups excluding carboxylic acids is 1. The van der Waals surface area contributed by atoms with Crippen molar-refractivity contribution < 1.29 is 9.90 Å². The van der Waals surface area contributed by atoms with Gasteiger partial charge in [0.05, 0.1) is 5.56 Å². The fourth-order valence-corrected chi connectivity index (χ4v) is 3.81. The van der Waals surface area contributed by atoms with E-state index in [9.17, 15) is 9.90 Å². The van der Waals surface area contributed by atoms with Gasteiger partial charge in [0.1, 0.15) is 5.75 Å². The number of nitrogens with one attached hydrogen (secondary N) is 1. The normalized spacial score (nSPS) is 22.4. The fourth-order valence-electron chi connectivity index (χ4n) is 2.45. The molecule has 1 fully saturated rings. The average molecular weight is 300 g/mol. The minimum Gasteiger partial charge on any atom is -0.507 e. The van der Waals surface area contributed by atoms with Crippen molar-refractivity contribution in [2.75, 3.05) is 5.75 Å². The number of carbonyl (C=O) groups is 1. The Kier molecular flexibility index (Phi) is 4.99. The van der Waals surface area contributed by atoms with Gasteiger partial charge in [0.25, 0.3) is 5.91 Å². The highest BCUT2D eigenvalue weighted by atomic mass is 35.5. The van der Waals surface area contributed by atoms with Crippen LogP contribution in [0.3, 0.4) is 0 Å². The summed E-state index contributed by atoms with van der Waals surface area (Å²) in [4.78, 5) is 12.2. The molecule has 1 aliphatic rings. The van der Waals surface area contributed by atoms with Crippen molar-refractivity contribution in [2.24, 2.45) is 0 Å². The fraction of sp³-hybridized carbons (Fsp3) is 0.500. The van der Waals surface area contributed by atoms with Crippen molar-refractivity contribution in [3.05, 3.63) is 28.8 Å². The minimum atomic E-state index is -0.220. The molecule has 0 bridgehead atoms. The van der Waals surface area contributed by atoms with Crippen molar-refractivity contribution in [1.29, 1.82) is 0 Å². The Morgan fingerprint density at radius 3 is 3.00 bits per heavy atom. The number of benzene rings is 1. The molecule has 2 unspecified atom stereocenters. The number of aromatic hydroxyl groups is 1. The predicted octanol–water partition coefficient (Wildman–Crippen LogP) is 3.45. The van der Waals surface area contributed by atoms with Crippen molar-refractivity contribution in [3.8, 4) is 5.75 Å². The van der Waals surface area contributed by atoms with Gasteiger partial charge in [0.15, 0.2) is 0 Å². The number of phenolic OH excluding ortho intramolecular Hbond substituents is 1. The van der Waals surface area contributed by atoms with Crippen LogP contribution in [0.1, 0.15) is 36.5 Å². The summed E-state index contributed by atoms with van der Waals surface area (Å²) in [5, 5.41) is 13.7. The van der Waals surface area contributed by atoms with E-state index in [1.165, 1.54) is 6.07 Å². The summed E-state index contributed by atoms with van der Waals surface area (Å²) < 4.78 is 0. The lowest BCUT2D eigenvalue weighted by molar-refractivity contribution is 0.0936. The molecule has 3 nitrogen and oxygen atoms in total. The summed E-state index contributed by atoms with van der Waals surface area (Å²) in [6.45, 7) is 2.13. The molecule has 0 spiro atoms. The predicted molar refractivity (Wildman–Crippen MR) is 80.1 cm³/mol. The number of hydrogen-bond acceptors (Lipinski definition) is 3. The highest BCUT2D eigenvalue weighted by molar-refractivity contribution is 7.99. The molecule has 1 aromatic rings. The Bertz CT molecular complexity index is 467. The molecule has 0 aromatic heterocycles. The van der Waals surface area contributed by atoms with Crippen LogP contribution in [-0.2, 0) is 0 Å². The molecule has 0 radical (unpaired) electrons. The Morgan fingerprint density at radius 1 is 1.53 bits per heavy atom. The monoisotopic (exact) mass is 299 g/mol. The van der Waals surface area contributed by atoms with E-state index in [1.54, 1.807) is 12.1 Å². The second kappa shape index (κ2) is 6.53. The van der Waals surface area contributed by atoms with Gasteiger partial charge >= 0.3 is 0 Å². The van der Waals surface area contributed by atoms with E-state index in [2.05, 4.69) is 12.2 Å². The van der Waals surface area contributed by atoms with E-state index in [-0.39, 0.29) is 23.3 Å². The highest BCUT2D eigenvalue weighted by Gasteiger charge is 2.29. The van der Waals surface area contributed by atoms with E-state index in [0.29, 0.717) is 10.3 Å². The van der Waals surface area contributed by atoms with E-state index in [1.807, 2.05) is 11.8 Å². The number of thioether (sulfide) groups is 1. The number of amides is 1. The quantitative estimate of drug-likeness (QED) is 0.895. The molecular weight excluding hydrogens is 282 g/mol. The first kappa shape index (κ1) is 14.5. The molecule has 0 aliphatic heterocycles. The second-order valence-electron chi connectivity index (χ2n) is 4.67. The van der Waals surface area contributed by atoms with Crippen LogP contribution in [-0.4, -0.2) is 28.1 Å². The summed E-state index contributed by atoms with van der Waals surface area (Å²) in [5.41, 5.74) is 0.288. The molecule has 1 saturated carbocycles. The van der Waals surface area contributed by atoms with Gasteiger partial charge < -0.3 is 10.4 Å². The SMILES string of the molecule is CCSC1CCCC1NC(=O)c1ccc(Cl)cc1O. The number of phenols is 1. The van der Waals surface area contributed by atoms with E-state index in [0.717, 1.165) is 25.0 Å². The maximum absolute atomic E-state index is 12.2. The van der Waals surface area contributed by atoms with Gasteiger partial charge in [-0.15, -0.1) is 0 Å². The third kappa shape index (κ3) is 3.57. The third-order valence-corrected chi connectivity index (χ3v) is 4.92. The summed E-state index contributed by atoms with van der Waals surface area (Å²) in [6.07, 6.45) is 3.31. The molecule has 19 heavy (non-hydrogen) atoms. The molecule has 104 valence electrons. The van der Waals surface area contributed by atoms with Crippen LogP contribution in [0.25, 0.3) is 0 Å². The second-order valence-corrected chi connectivity index (χ2v) is 6.62. The largest absolute Gasteiger partial charge is 0.507 e. The molecule has 2 rings (SSSR count). The lowest BCUT2D eigenvalue weighted by atomic mass is 10.1. The topological polar surface area (TPSA) is 49.3 Å². The molecule has 1 amide bonds. The summed E-state index contributed by atoms with van der Waals surface area (Å²) in [5.74, 6) is 0.772. The van der Waals surface area contributed by atoms with Gasteiger partial charge in [-0.3, -0.25) is 4.79 Å². The van der Waals surface area contributed by atoms with Gasteiger partial charge in [-0.05, 0) is 36.8 Å². The Morgan fingerprint density at radius 2 is 2.32 bits per heavy atom. The van der Waals surface area contributed by atoms with E-state index >= 15 is 0 Å². The van der Waals surface area contributed by atoms with Crippen LogP contribution in [0.5, 0.6) is 5.75 Å². The highest BCUT2D eigenvalue weighted by Crippen LogP contribution is 2.30. The Hall–Kier alpha value is -0.870. The Labute approximate surface area is 122 Å². The van der Waals surface area contributed by atoms with Crippen LogP contribution in [0, 0.1) is 0 Å². The molecule has 1 aromatic carbocycles. The molecule has 0 heterocycles. The maximum atomic E-state index is 12.2. The summed E-state index contributed by atoms with van der Waals surface area (Å²) in [6, 6.07) is 4.77. The first-order valence-corrected chi connectivity index (χ1v) is 7.95. The maximum Gasteiger partial charge on any atom is 0.255 e. The van der Waals surface area contributed by atoms with Crippen molar-refractivity contribution in [2.45, 2.75) is 37.5 Å². The standard InChI is InChI=1S/C14H18ClNO2S/c1-2-19-13-5-3-4-11(13)16-14(18)10-7-6-9(15)8-12(10)17/h6-8,11,13,17H,2-5H2,1H3,(H,16,18). The minimum absolute atomic E-state index is 0.0670. The van der Waals surface area contributed by atoms with Crippen molar-refractivity contribution >= 4 is 29.3 Å². The Balaban J connectivity index is 2.04. The van der Waals surface area contributed by atoms with Crippen LogP contribution in [0.2, 0.25) is 5.02 Å². The van der Waals surface area contributed by atoms with Gasteiger partial charge in [0.2, 0.25) is 0 Å².